The van der Waals surface area contributed by atoms with Crippen molar-refractivity contribution in [2.24, 2.45) is 7.05 Å². The third kappa shape index (κ3) is 3.69. The Bertz CT molecular complexity index is 748. The third-order valence-electron chi connectivity index (χ3n) is 3.73. The molecule has 0 saturated heterocycles. The van der Waals surface area contributed by atoms with Crippen LogP contribution in [-0.4, -0.2) is 15.5 Å². The Morgan fingerprint density at radius 1 is 1.26 bits per heavy atom. The predicted molar refractivity (Wildman–Crippen MR) is 86.7 cm³/mol. The van der Waals surface area contributed by atoms with E-state index in [0.29, 0.717) is 12.8 Å². The minimum atomic E-state index is -0.264. The van der Waals surface area contributed by atoms with Gasteiger partial charge in [0.25, 0.3) is 0 Å². The van der Waals surface area contributed by atoms with Crippen molar-refractivity contribution in [2.75, 3.05) is 0 Å². The van der Waals surface area contributed by atoms with Gasteiger partial charge in [0.1, 0.15) is 17.6 Å². The molecule has 118 valence electrons. The van der Waals surface area contributed by atoms with Gasteiger partial charge in [0.15, 0.2) is 0 Å². The minimum Gasteiger partial charge on any atom is -0.469 e. The molecule has 2 aromatic heterocycles. The van der Waals surface area contributed by atoms with Crippen LogP contribution in [0.4, 0.5) is 0 Å². The quantitative estimate of drug-likeness (QED) is 0.761. The summed E-state index contributed by atoms with van der Waals surface area (Å²) in [6.45, 7) is 0. The van der Waals surface area contributed by atoms with Crippen molar-refractivity contribution < 1.29 is 9.21 Å². The van der Waals surface area contributed by atoms with Crippen LogP contribution in [0, 0.1) is 0 Å². The summed E-state index contributed by atoms with van der Waals surface area (Å²) in [5, 5.41) is 3.08. The highest BCUT2D eigenvalue weighted by atomic mass is 16.3. The van der Waals surface area contributed by atoms with E-state index in [-0.39, 0.29) is 11.9 Å². The van der Waals surface area contributed by atoms with Gasteiger partial charge in [-0.3, -0.25) is 4.79 Å². The number of rotatable bonds is 6. The first-order valence-corrected chi connectivity index (χ1v) is 7.58. The predicted octanol–water partition coefficient (Wildman–Crippen LogP) is 2.85. The molecule has 0 aliphatic carbocycles. The second-order valence-electron chi connectivity index (χ2n) is 5.39. The Labute approximate surface area is 135 Å². The molecule has 1 amide bonds. The van der Waals surface area contributed by atoms with Crippen molar-refractivity contribution in [3.63, 3.8) is 0 Å². The molecule has 0 fully saturated rings. The lowest BCUT2D eigenvalue weighted by molar-refractivity contribution is -0.121. The van der Waals surface area contributed by atoms with Crippen molar-refractivity contribution in [3.05, 3.63) is 78.3 Å². The molecule has 5 nitrogen and oxygen atoms in total. The summed E-state index contributed by atoms with van der Waals surface area (Å²) in [5.41, 5.74) is 1.01. The van der Waals surface area contributed by atoms with E-state index in [2.05, 4.69) is 10.3 Å². The molecular formula is C18H19N3O2. The van der Waals surface area contributed by atoms with Crippen LogP contribution in [0.25, 0.3) is 0 Å². The van der Waals surface area contributed by atoms with E-state index in [9.17, 15) is 4.79 Å². The molecule has 0 radical (unpaired) electrons. The van der Waals surface area contributed by atoms with E-state index in [1.165, 1.54) is 0 Å². The average molecular weight is 309 g/mol. The van der Waals surface area contributed by atoms with Gasteiger partial charge in [-0.25, -0.2) is 4.98 Å². The first kappa shape index (κ1) is 15.1. The molecule has 1 atom stereocenters. The molecule has 0 unspecified atom stereocenters. The van der Waals surface area contributed by atoms with E-state index in [0.717, 1.165) is 17.1 Å². The topological polar surface area (TPSA) is 60.1 Å². The normalized spacial score (nSPS) is 12.0. The number of nitrogens with zero attached hydrogens (tertiary/aromatic N) is 2. The zero-order valence-electron chi connectivity index (χ0n) is 13.0. The van der Waals surface area contributed by atoms with E-state index in [4.69, 9.17) is 4.42 Å². The molecule has 5 heteroatoms. The molecule has 2 heterocycles. The fourth-order valence-corrected chi connectivity index (χ4v) is 2.52. The van der Waals surface area contributed by atoms with Gasteiger partial charge in [-0.1, -0.05) is 30.3 Å². The van der Waals surface area contributed by atoms with Gasteiger partial charge >= 0.3 is 0 Å². The van der Waals surface area contributed by atoms with Gasteiger partial charge in [0, 0.05) is 32.3 Å². The number of imidazole rings is 1. The molecule has 3 aromatic rings. The van der Waals surface area contributed by atoms with Crippen LogP contribution in [0.15, 0.2) is 65.5 Å². The molecule has 1 N–H and O–H groups in total. The molecule has 0 bridgehead atoms. The first-order chi connectivity index (χ1) is 11.2. The monoisotopic (exact) mass is 309 g/mol. The van der Waals surface area contributed by atoms with Gasteiger partial charge in [-0.15, -0.1) is 0 Å². The number of hydrogen-bond donors (Lipinski definition) is 1. The Morgan fingerprint density at radius 3 is 2.74 bits per heavy atom. The molecule has 1 aromatic carbocycles. The lowest BCUT2D eigenvalue weighted by Crippen LogP contribution is -2.31. The Hall–Kier alpha value is -2.82. The number of carbonyl (C=O) groups excluding carboxylic acids is 1. The molecule has 0 aliphatic rings. The maximum atomic E-state index is 12.3. The van der Waals surface area contributed by atoms with Crippen LogP contribution in [0.1, 0.15) is 29.6 Å². The van der Waals surface area contributed by atoms with Crippen molar-refractivity contribution in [1.82, 2.24) is 14.9 Å². The fourth-order valence-electron chi connectivity index (χ4n) is 2.52. The fraction of sp³-hybridized carbons (Fsp3) is 0.222. The molecule has 0 spiro atoms. The van der Waals surface area contributed by atoms with Gasteiger partial charge in [0.05, 0.1) is 6.26 Å². The number of amides is 1. The zero-order chi connectivity index (χ0) is 16.1. The van der Waals surface area contributed by atoms with Crippen molar-refractivity contribution in [1.29, 1.82) is 0 Å². The van der Waals surface area contributed by atoms with Crippen molar-refractivity contribution >= 4 is 5.91 Å². The summed E-state index contributed by atoms with van der Waals surface area (Å²) in [4.78, 5) is 16.7. The maximum absolute atomic E-state index is 12.3. The summed E-state index contributed by atoms with van der Waals surface area (Å²) in [6.07, 6.45) is 6.19. The third-order valence-corrected chi connectivity index (χ3v) is 3.73. The van der Waals surface area contributed by atoms with Crippen LogP contribution in [0.3, 0.4) is 0 Å². The van der Waals surface area contributed by atoms with E-state index >= 15 is 0 Å². The highest BCUT2D eigenvalue weighted by Gasteiger charge is 2.20. The first-order valence-electron chi connectivity index (χ1n) is 7.58. The van der Waals surface area contributed by atoms with Gasteiger partial charge in [0.2, 0.25) is 5.91 Å². The second-order valence-corrected chi connectivity index (χ2v) is 5.39. The number of aromatic nitrogens is 2. The lowest BCUT2D eigenvalue weighted by Gasteiger charge is -2.19. The molecule has 3 rings (SSSR count). The molecule has 0 saturated carbocycles. The summed E-state index contributed by atoms with van der Waals surface area (Å²) < 4.78 is 7.19. The molecule has 0 aliphatic heterocycles. The average Bonchev–Trinajstić information content (AvgIpc) is 3.23. The summed E-state index contributed by atoms with van der Waals surface area (Å²) in [5.74, 6) is 1.59. The standard InChI is InChI=1S/C18H19N3O2/c1-21-12-11-19-18(21)17(14-6-3-2-4-7-14)20-16(22)10-9-15-8-5-13-23-15/h2-8,11-13,17H,9-10H2,1H3,(H,20,22)/t17-/m0/s1. The van der Waals surface area contributed by atoms with Crippen LogP contribution < -0.4 is 5.32 Å². The van der Waals surface area contributed by atoms with E-state index in [1.807, 2.05) is 60.3 Å². The second kappa shape index (κ2) is 6.96. The number of furan rings is 1. The number of carbonyl (C=O) groups is 1. The summed E-state index contributed by atoms with van der Waals surface area (Å²) >= 11 is 0. The Balaban J connectivity index is 1.74. The summed E-state index contributed by atoms with van der Waals surface area (Å²) in [6, 6.07) is 13.3. The largest absolute Gasteiger partial charge is 0.469 e. The van der Waals surface area contributed by atoms with Crippen LogP contribution in [-0.2, 0) is 18.3 Å². The van der Waals surface area contributed by atoms with Crippen LogP contribution in [0.2, 0.25) is 0 Å². The molecular weight excluding hydrogens is 290 g/mol. The van der Waals surface area contributed by atoms with Crippen LogP contribution >= 0.6 is 0 Å². The van der Waals surface area contributed by atoms with Crippen molar-refractivity contribution in [3.8, 4) is 0 Å². The minimum absolute atomic E-state index is 0.0294. The highest BCUT2D eigenvalue weighted by Crippen LogP contribution is 2.20. The Kier molecular flexibility index (Phi) is 4.57. The number of nitrogens with one attached hydrogen (secondary N) is 1. The molecule has 23 heavy (non-hydrogen) atoms. The van der Waals surface area contributed by atoms with E-state index < -0.39 is 0 Å². The number of aryl methyl sites for hydroxylation is 2. The SMILES string of the molecule is Cn1ccnc1[C@@H](NC(=O)CCc1ccco1)c1ccccc1. The lowest BCUT2D eigenvalue weighted by atomic mass is 10.1. The van der Waals surface area contributed by atoms with Crippen LogP contribution in [0.5, 0.6) is 0 Å². The smallest absolute Gasteiger partial charge is 0.221 e. The van der Waals surface area contributed by atoms with Gasteiger partial charge < -0.3 is 14.3 Å². The number of benzene rings is 1. The van der Waals surface area contributed by atoms with Crippen molar-refractivity contribution in [2.45, 2.75) is 18.9 Å². The Morgan fingerprint density at radius 2 is 2.09 bits per heavy atom. The highest BCUT2D eigenvalue weighted by molar-refractivity contribution is 5.77. The number of hydrogen-bond acceptors (Lipinski definition) is 3. The zero-order valence-corrected chi connectivity index (χ0v) is 13.0. The van der Waals surface area contributed by atoms with E-state index in [1.54, 1.807) is 12.5 Å². The van der Waals surface area contributed by atoms with Gasteiger partial charge in [-0.2, -0.15) is 0 Å². The summed E-state index contributed by atoms with van der Waals surface area (Å²) in [7, 11) is 1.92. The maximum Gasteiger partial charge on any atom is 0.221 e. The van der Waals surface area contributed by atoms with Gasteiger partial charge in [-0.05, 0) is 17.7 Å².